The smallest absolute Gasteiger partial charge is 0.251 e. The average molecular weight is 303 g/mol. The van der Waals surface area contributed by atoms with E-state index in [4.69, 9.17) is 0 Å². The Bertz CT molecular complexity index is 623. The summed E-state index contributed by atoms with van der Waals surface area (Å²) in [6, 6.07) is 6.78. The van der Waals surface area contributed by atoms with Crippen LogP contribution in [0.1, 0.15) is 36.5 Å². The van der Waals surface area contributed by atoms with Crippen molar-refractivity contribution in [1.29, 1.82) is 0 Å². The van der Waals surface area contributed by atoms with E-state index in [9.17, 15) is 9.90 Å². The van der Waals surface area contributed by atoms with Gasteiger partial charge in [0, 0.05) is 5.56 Å². The third-order valence-electron chi connectivity index (χ3n) is 3.84. The number of carbonyl (C=O) groups excluding carboxylic acids is 1. The second-order valence-corrected chi connectivity index (χ2v) is 5.33. The van der Waals surface area contributed by atoms with Crippen LogP contribution in [0.2, 0.25) is 0 Å². The first kappa shape index (κ1) is 16.1. The van der Waals surface area contributed by atoms with Crippen LogP contribution in [-0.2, 0) is 0 Å². The summed E-state index contributed by atoms with van der Waals surface area (Å²) < 4.78 is 1.59. The maximum absolute atomic E-state index is 12.2. The van der Waals surface area contributed by atoms with E-state index in [1.807, 2.05) is 13.8 Å². The van der Waals surface area contributed by atoms with Crippen LogP contribution in [0.5, 0.6) is 0 Å². The molecule has 0 fully saturated rings. The number of aromatic nitrogens is 4. The van der Waals surface area contributed by atoms with Gasteiger partial charge in [0.1, 0.15) is 0 Å². The Hall–Kier alpha value is -2.28. The predicted octanol–water partition coefficient (Wildman–Crippen LogP) is 1.11. The first-order valence-electron chi connectivity index (χ1n) is 7.34. The van der Waals surface area contributed by atoms with Crippen molar-refractivity contribution in [3.05, 3.63) is 35.7 Å². The fourth-order valence-corrected chi connectivity index (χ4v) is 2.13. The molecule has 7 heteroatoms. The third-order valence-corrected chi connectivity index (χ3v) is 3.84. The molecule has 0 saturated heterocycles. The summed E-state index contributed by atoms with van der Waals surface area (Å²) in [5.41, 5.74) is 1.33. The van der Waals surface area contributed by atoms with Crippen molar-refractivity contribution in [2.45, 2.75) is 33.2 Å². The summed E-state index contributed by atoms with van der Waals surface area (Å²) in [7, 11) is 0. The summed E-state index contributed by atoms with van der Waals surface area (Å²) in [5, 5.41) is 23.5. The Kier molecular flexibility index (Phi) is 5.21. The number of aliphatic hydroxyl groups is 1. The number of hydrogen-bond donors (Lipinski definition) is 2. The highest BCUT2D eigenvalue weighted by Gasteiger charge is 2.18. The van der Waals surface area contributed by atoms with Gasteiger partial charge in [-0.1, -0.05) is 20.3 Å². The number of aliphatic hydroxyl groups excluding tert-OH is 1. The number of hydrogen-bond acceptors (Lipinski definition) is 5. The van der Waals surface area contributed by atoms with E-state index in [1.54, 1.807) is 35.9 Å². The first-order chi connectivity index (χ1) is 10.6. The zero-order valence-corrected chi connectivity index (χ0v) is 13.0. The van der Waals surface area contributed by atoms with E-state index in [0.717, 1.165) is 12.1 Å². The average Bonchev–Trinajstić information content (AvgIpc) is 2.97. The molecule has 1 aromatic heterocycles. The van der Waals surface area contributed by atoms with E-state index in [2.05, 4.69) is 20.8 Å². The zero-order chi connectivity index (χ0) is 16.1. The Morgan fingerprint density at radius 3 is 2.55 bits per heavy atom. The van der Waals surface area contributed by atoms with Crippen molar-refractivity contribution in [3.63, 3.8) is 0 Å². The van der Waals surface area contributed by atoms with Crippen LogP contribution in [0.15, 0.2) is 24.3 Å². The summed E-state index contributed by atoms with van der Waals surface area (Å²) in [6.45, 7) is 5.77. The molecule has 2 N–H and O–H groups in total. The van der Waals surface area contributed by atoms with E-state index in [-0.39, 0.29) is 24.5 Å². The molecular weight excluding hydrogens is 282 g/mol. The summed E-state index contributed by atoms with van der Waals surface area (Å²) >= 11 is 0. The molecule has 0 saturated carbocycles. The molecule has 7 nitrogen and oxygen atoms in total. The molecule has 0 bridgehead atoms. The minimum atomic E-state index is -0.237. The van der Waals surface area contributed by atoms with Gasteiger partial charge in [0.2, 0.25) is 0 Å². The quantitative estimate of drug-likeness (QED) is 0.834. The van der Waals surface area contributed by atoms with Gasteiger partial charge in [-0.15, -0.1) is 5.10 Å². The number of benzene rings is 1. The Morgan fingerprint density at radius 2 is 2.05 bits per heavy atom. The molecule has 0 spiro atoms. The molecule has 0 aliphatic rings. The maximum atomic E-state index is 12.2. The number of rotatable bonds is 6. The molecule has 2 aromatic rings. The fraction of sp³-hybridized carbons (Fsp3) is 0.467. The van der Waals surface area contributed by atoms with Crippen LogP contribution < -0.4 is 5.32 Å². The largest absolute Gasteiger partial charge is 0.394 e. The van der Waals surface area contributed by atoms with Crippen molar-refractivity contribution >= 4 is 5.91 Å². The monoisotopic (exact) mass is 303 g/mol. The molecular formula is C15H21N5O2. The Balaban J connectivity index is 2.10. The minimum absolute atomic E-state index is 0.0668. The molecule has 0 radical (unpaired) electrons. The van der Waals surface area contributed by atoms with Gasteiger partial charge < -0.3 is 10.4 Å². The van der Waals surface area contributed by atoms with Crippen LogP contribution in [0.4, 0.5) is 0 Å². The van der Waals surface area contributed by atoms with Crippen LogP contribution in [0.25, 0.3) is 5.69 Å². The number of nitrogens with zero attached hydrogens (tertiary/aromatic N) is 4. The lowest BCUT2D eigenvalue weighted by atomic mass is 9.99. The lowest BCUT2D eigenvalue weighted by Crippen LogP contribution is -2.41. The molecule has 1 heterocycles. The summed E-state index contributed by atoms with van der Waals surface area (Å²) in [5.74, 6) is 0.700. The van der Waals surface area contributed by atoms with Gasteiger partial charge in [-0.25, -0.2) is 0 Å². The molecule has 118 valence electrons. The van der Waals surface area contributed by atoms with Crippen molar-refractivity contribution in [3.8, 4) is 5.69 Å². The predicted molar refractivity (Wildman–Crippen MR) is 81.7 cm³/mol. The lowest BCUT2D eigenvalue weighted by Gasteiger charge is -2.22. The van der Waals surface area contributed by atoms with Gasteiger partial charge in [-0.2, -0.15) is 4.68 Å². The van der Waals surface area contributed by atoms with Crippen LogP contribution in [0, 0.1) is 12.8 Å². The normalized spacial score (nSPS) is 13.6. The van der Waals surface area contributed by atoms with Gasteiger partial charge in [0.25, 0.3) is 5.91 Å². The van der Waals surface area contributed by atoms with Crippen LogP contribution in [0.3, 0.4) is 0 Å². The Morgan fingerprint density at radius 1 is 1.36 bits per heavy atom. The molecule has 2 rings (SSSR count). The number of carbonyl (C=O) groups is 1. The summed E-state index contributed by atoms with van der Waals surface area (Å²) in [6.07, 6.45) is 0.892. The number of nitrogens with one attached hydrogen (secondary N) is 1. The maximum Gasteiger partial charge on any atom is 0.251 e. The standard InChI is InChI=1S/C15H21N5O2/c1-4-10(2)14(9-21)16-15(22)12-5-7-13(8-6-12)20-11(3)17-18-19-20/h5-8,10,14,21H,4,9H2,1-3H3,(H,16,22)/t10-,14+/m0/s1. The number of amides is 1. The molecule has 1 aromatic carbocycles. The minimum Gasteiger partial charge on any atom is -0.394 e. The van der Waals surface area contributed by atoms with Crippen LogP contribution in [-0.4, -0.2) is 43.9 Å². The highest BCUT2D eigenvalue weighted by molar-refractivity contribution is 5.94. The van der Waals surface area contributed by atoms with Crippen molar-refractivity contribution in [2.75, 3.05) is 6.61 Å². The third kappa shape index (κ3) is 3.48. The first-order valence-corrected chi connectivity index (χ1v) is 7.34. The number of aryl methyl sites for hydroxylation is 1. The van der Waals surface area contributed by atoms with Crippen molar-refractivity contribution < 1.29 is 9.90 Å². The van der Waals surface area contributed by atoms with E-state index < -0.39 is 0 Å². The molecule has 22 heavy (non-hydrogen) atoms. The van der Waals surface area contributed by atoms with Gasteiger partial charge in [0.05, 0.1) is 18.3 Å². The molecule has 0 aliphatic carbocycles. The second-order valence-electron chi connectivity index (χ2n) is 5.33. The molecule has 0 aliphatic heterocycles. The summed E-state index contributed by atoms with van der Waals surface area (Å²) in [4.78, 5) is 12.2. The van der Waals surface area contributed by atoms with E-state index >= 15 is 0 Å². The van der Waals surface area contributed by atoms with Gasteiger partial charge in [-0.3, -0.25) is 4.79 Å². The highest BCUT2D eigenvalue weighted by Crippen LogP contribution is 2.11. The lowest BCUT2D eigenvalue weighted by molar-refractivity contribution is 0.0891. The van der Waals surface area contributed by atoms with Gasteiger partial charge in [-0.05, 0) is 47.5 Å². The van der Waals surface area contributed by atoms with Crippen LogP contribution >= 0.6 is 0 Å². The molecule has 0 unspecified atom stereocenters. The fourth-order valence-electron chi connectivity index (χ4n) is 2.13. The zero-order valence-electron chi connectivity index (χ0n) is 13.0. The molecule has 2 atom stereocenters. The highest BCUT2D eigenvalue weighted by atomic mass is 16.3. The topological polar surface area (TPSA) is 92.9 Å². The van der Waals surface area contributed by atoms with Crippen molar-refractivity contribution in [2.24, 2.45) is 5.92 Å². The second kappa shape index (κ2) is 7.13. The Labute approximate surface area is 129 Å². The SMILES string of the molecule is CC[C@H](C)[C@@H](CO)NC(=O)c1ccc(-n2nnnc2C)cc1. The molecule has 1 amide bonds. The van der Waals surface area contributed by atoms with E-state index in [0.29, 0.717) is 11.4 Å². The van der Waals surface area contributed by atoms with Gasteiger partial charge >= 0.3 is 0 Å². The van der Waals surface area contributed by atoms with Crippen molar-refractivity contribution in [1.82, 2.24) is 25.5 Å². The van der Waals surface area contributed by atoms with Gasteiger partial charge in [0.15, 0.2) is 5.82 Å². The van der Waals surface area contributed by atoms with E-state index in [1.165, 1.54) is 0 Å². The number of tetrazole rings is 1.